The van der Waals surface area contributed by atoms with Gasteiger partial charge in [0, 0.05) is 19.1 Å². The fraction of sp³-hybridized carbons (Fsp3) is 0.227. The first kappa shape index (κ1) is 14.2. The molecule has 1 heterocycles. The lowest BCUT2D eigenvalue weighted by Crippen LogP contribution is -2.30. The van der Waals surface area contributed by atoms with Gasteiger partial charge in [-0.25, -0.2) is 4.57 Å². The van der Waals surface area contributed by atoms with Crippen LogP contribution in [0.5, 0.6) is 0 Å². The van der Waals surface area contributed by atoms with Gasteiger partial charge in [-0.15, -0.1) is 0 Å². The van der Waals surface area contributed by atoms with Gasteiger partial charge < -0.3 is 0 Å². The zero-order chi connectivity index (χ0) is 17.3. The van der Waals surface area contributed by atoms with Gasteiger partial charge in [0.1, 0.15) is 7.05 Å². The maximum atomic E-state index is 8.27. The Morgan fingerprint density at radius 1 is 0.913 bits per heavy atom. The number of aryl methyl sites for hydroxylation is 2. The first-order valence-electron chi connectivity index (χ1n) is 8.53. The van der Waals surface area contributed by atoms with Crippen molar-refractivity contribution in [1.29, 1.82) is 0 Å². The third-order valence-corrected chi connectivity index (χ3v) is 4.34. The molecule has 3 rings (SSSR count). The van der Waals surface area contributed by atoms with E-state index < -0.39 is 5.89 Å². The van der Waals surface area contributed by atoms with Crippen LogP contribution in [-0.4, -0.2) is 0 Å². The normalized spacial score (nSPS) is 12.1. The van der Waals surface area contributed by atoms with E-state index in [0.29, 0.717) is 0 Å². The van der Waals surface area contributed by atoms with Crippen LogP contribution in [0.1, 0.15) is 32.2 Å². The number of benzene rings is 2. The maximum absolute atomic E-state index is 8.27. The Hall–Kier alpha value is -2.41. The van der Waals surface area contributed by atoms with Crippen molar-refractivity contribution in [3.63, 3.8) is 0 Å². The highest BCUT2D eigenvalue weighted by Gasteiger charge is 2.14. The van der Waals surface area contributed by atoms with E-state index in [-0.39, 0.29) is 0 Å². The molecule has 1 nitrogen and oxygen atoms in total. The molecule has 1 aromatic heterocycles. The van der Waals surface area contributed by atoms with E-state index in [1.165, 1.54) is 22.4 Å². The van der Waals surface area contributed by atoms with Crippen LogP contribution >= 0.6 is 0 Å². The van der Waals surface area contributed by atoms with Crippen LogP contribution in [0, 0.1) is 6.92 Å². The summed E-state index contributed by atoms with van der Waals surface area (Å²) in [7, 11) is 2.08. The van der Waals surface area contributed by atoms with E-state index >= 15 is 0 Å². The molecular formula is C22H24N+. The number of aromatic nitrogens is 1. The van der Waals surface area contributed by atoms with Gasteiger partial charge in [-0.05, 0) is 41.1 Å². The van der Waals surface area contributed by atoms with Gasteiger partial charge in [-0.1, -0.05) is 56.3 Å². The summed E-state index contributed by atoms with van der Waals surface area (Å²) in [5.41, 5.74) is 7.08. The average molecular weight is 303 g/mol. The Morgan fingerprint density at radius 2 is 1.65 bits per heavy atom. The van der Waals surface area contributed by atoms with Gasteiger partial charge in [0.05, 0.1) is 0 Å². The average Bonchev–Trinajstić information content (AvgIpc) is 2.55. The second kappa shape index (κ2) is 6.37. The van der Waals surface area contributed by atoms with E-state index in [1.807, 2.05) is 26.0 Å². The van der Waals surface area contributed by atoms with Crippen LogP contribution in [0.15, 0.2) is 66.9 Å². The minimum absolute atomic E-state index is 0.589. The zero-order valence-electron chi connectivity index (χ0n) is 15.3. The minimum atomic E-state index is -0.589. The Bertz CT molecular complexity index is 875. The molecule has 2 aromatic carbocycles. The molecule has 0 saturated carbocycles. The first-order chi connectivity index (χ1) is 11.4. The lowest BCUT2D eigenvalue weighted by atomic mass is 9.96. The fourth-order valence-electron chi connectivity index (χ4n) is 2.89. The number of nitrogens with zero attached hydrogens (tertiary/aromatic N) is 1. The number of pyridine rings is 1. The fourth-order valence-corrected chi connectivity index (χ4v) is 2.89. The predicted octanol–water partition coefficient (Wildman–Crippen LogP) is 5.28. The molecule has 0 bridgehead atoms. The van der Waals surface area contributed by atoms with Crippen molar-refractivity contribution < 1.29 is 5.94 Å². The maximum Gasteiger partial charge on any atom is 0.213 e. The first-order valence-corrected chi connectivity index (χ1v) is 8.03. The standard InChI is InChI=1S/C22H24N/c1-16(2)18-9-7-10-19(14-18)20-12-13-23(4)22(15-20)21-11-6-5-8-17(21)3/h5-16H,1-4H3/q+1/i16D. The van der Waals surface area contributed by atoms with Crippen molar-refractivity contribution in [1.82, 2.24) is 0 Å². The Morgan fingerprint density at radius 3 is 2.39 bits per heavy atom. The highest BCUT2D eigenvalue weighted by molar-refractivity contribution is 5.70. The Kier molecular flexibility index (Phi) is 3.94. The molecule has 0 spiro atoms. The molecule has 23 heavy (non-hydrogen) atoms. The van der Waals surface area contributed by atoms with Gasteiger partial charge in [-0.2, -0.15) is 0 Å². The second-order valence-electron chi connectivity index (χ2n) is 6.31. The third kappa shape index (κ3) is 3.19. The van der Waals surface area contributed by atoms with Crippen molar-refractivity contribution in [3.8, 4) is 22.4 Å². The molecule has 0 atom stereocenters. The lowest BCUT2D eigenvalue weighted by molar-refractivity contribution is -0.660. The van der Waals surface area contributed by atoms with Crippen molar-refractivity contribution >= 4 is 0 Å². The SMILES string of the molecule is [2H]C(C)(C)c1cccc(-c2cc[n+](C)c(-c3ccccc3C)c2)c1. The molecule has 0 aliphatic rings. The molecule has 3 aromatic rings. The van der Waals surface area contributed by atoms with Crippen LogP contribution in [0.2, 0.25) is 0 Å². The quantitative estimate of drug-likeness (QED) is 0.580. The summed E-state index contributed by atoms with van der Waals surface area (Å²) in [6.45, 7) is 6.00. The van der Waals surface area contributed by atoms with Crippen LogP contribution in [0.3, 0.4) is 0 Å². The monoisotopic (exact) mass is 303 g/mol. The molecular weight excluding hydrogens is 278 g/mol. The zero-order valence-corrected chi connectivity index (χ0v) is 14.3. The van der Waals surface area contributed by atoms with Crippen molar-refractivity contribution in [2.75, 3.05) is 0 Å². The Labute approximate surface area is 140 Å². The second-order valence-corrected chi connectivity index (χ2v) is 6.31. The predicted molar refractivity (Wildman–Crippen MR) is 97.3 cm³/mol. The Balaban J connectivity index is 2.12. The van der Waals surface area contributed by atoms with Crippen molar-refractivity contribution in [3.05, 3.63) is 78.0 Å². The summed E-state index contributed by atoms with van der Waals surface area (Å²) >= 11 is 0. The number of rotatable bonds is 3. The van der Waals surface area contributed by atoms with Crippen LogP contribution in [0.25, 0.3) is 22.4 Å². The van der Waals surface area contributed by atoms with Gasteiger partial charge >= 0.3 is 0 Å². The van der Waals surface area contributed by atoms with Crippen molar-refractivity contribution in [2.45, 2.75) is 26.7 Å². The van der Waals surface area contributed by atoms with E-state index in [4.69, 9.17) is 1.37 Å². The molecule has 0 radical (unpaired) electrons. The molecule has 0 aliphatic heterocycles. The summed E-state index contributed by atoms with van der Waals surface area (Å²) in [4.78, 5) is 0. The minimum Gasteiger partial charge on any atom is -0.201 e. The van der Waals surface area contributed by atoms with E-state index in [9.17, 15) is 0 Å². The van der Waals surface area contributed by atoms with Crippen LogP contribution in [-0.2, 0) is 7.05 Å². The topological polar surface area (TPSA) is 3.88 Å². The van der Waals surface area contributed by atoms with E-state index in [0.717, 1.165) is 11.1 Å². The van der Waals surface area contributed by atoms with Crippen LogP contribution in [0.4, 0.5) is 0 Å². The van der Waals surface area contributed by atoms with Crippen LogP contribution < -0.4 is 4.57 Å². The molecule has 0 N–H and O–H groups in total. The third-order valence-electron chi connectivity index (χ3n) is 4.34. The largest absolute Gasteiger partial charge is 0.213 e. The summed E-state index contributed by atoms with van der Waals surface area (Å²) in [6.07, 6.45) is 2.11. The summed E-state index contributed by atoms with van der Waals surface area (Å²) in [5.74, 6) is -0.589. The molecule has 0 fully saturated rings. The summed E-state index contributed by atoms with van der Waals surface area (Å²) in [6, 6.07) is 21.2. The highest BCUT2D eigenvalue weighted by atomic mass is 14.9. The molecule has 0 unspecified atom stereocenters. The lowest BCUT2D eigenvalue weighted by Gasteiger charge is -2.10. The summed E-state index contributed by atoms with van der Waals surface area (Å²) < 4.78 is 10.4. The smallest absolute Gasteiger partial charge is 0.201 e. The molecule has 0 amide bonds. The molecule has 0 saturated heterocycles. The van der Waals surface area contributed by atoms with Gasteiger partial charge in [0.15, 0.2) is 6.20 Å². The molecule has 1 heteroatoms. The highest BCUT2D eigenvalue weighted by Crippen LogP contribution is 2.27. The van der Waals surface area contributed by atoms with E-state index in [1.54, 1.807) is 0 Å². The number of hydrogen-bond donors (Lipinski definition) is 0. The van der Waals surface area contributed by atoms with Crippen molar-refractivity contribution in [2.24, 2.45) is 7.05 Å². The van der Waals surface area contributed by atoms with E-state index in [2.05, 4.69) is 73.3 Å². The molecule has 116 valence electrons. The summed E-state index contributed by atoms with van der Waals surface area (Å²) in [5, 5.41) is 0. The number of hydrogen-bond acceptors (Lipinski definition) is 0. The van der Waals surface area contributed by atoms with Gasteiger partial charge in [-0.3, -0.25) is 0 Å². The van der Waals surface area contributed by atoms with Gasteiger partial charge in [0.25, 0.3) is 0 Å². The molecule has 0 aliphatic carbocycles. The van der Waals surface area contributed by atoms with Gasteiger partial charge in [0.2, 0.25) is 5.69 Å².